The van der Waals surface area contributed by atoms with Crippen LogP contribution in [-0.2, 0) is 23.7 Å². The van der Waals surface area contributed by atoms with E-state index in [9.17, 15) is 55.9 Å². The third-order valence-corrected chi connectivity index (χ3v) is 6.12. The van der Waals surface area contributed by atoms with Crippen molar-refractivity contribution in [2.45, 2.75) is 99.6 Å². The Hall–Kier alpha value is -1.09. The second kappa shape index (κ2) is 13.6. The minimum absolute atomic E-state index is 0.641. The Morgan fingerprint density at radius 1 is 0.889 bits per heavy atom. The molecular formula is C20H37NO15. The monoisotopic (exact) mass is 531 g/mol. The van der Waals surface area contributed by atoms with Crippen molar-refractivity contribution in [3.63, 3.8) is 0 Å². The predicted molar refractivity (Wildman–Crippen MR) is 114 cm³/mol. The summed E-state index contributed by atoms with van der Waals surface area (Å²) in [6, 6.07) is -1.37. The van der Waals surface area contributed by atoms with E-state index in [1.807, 2.05) is 0 Å². The molecule has 0 bridgehead atoms. The zero-order chi connectivity index (χ0) is 27.3. The van der Waals surface area contributed by atoms with Gasteiger partial charge >= 0.3 is 0 Å². The summed E-state index contributed by atoms with van der Waals surface area (Å²) in [5.41, 5.74) is 0. The zero-order valence-electron chi connectivity index (χ0n) is 19.7. The zero-order valence-corrected chi connectivity index (χ0v) is 19.7. The number of aliphatic hydroxyl groups excluding tert-OH is 10. The van der Waals surface area contributed by atoms with Crippen LogP contribution in [0.3, 0.4) is 0 Å². The molecule has 0 aromatic carbocycles. The van der Waals surface area contributed by atoms with Crippen LogP contribution in [0.1, 0.15) is 13.8 Å². The minimum Gasteiger partial charge on any atom is -0.394 e. The fourth-order valence-electron chi connectivity index (χ4n) is 3.98. The van der Waals surface area contributed by atoms with Gasteiger partial charge < -0.3 is 75.3 Å². The van der Waals surface area contributed by atoms with E-state index in [0.29, 0.717) is 0 Å². The summed E-state index contributed by atoms with van der Waals surface area (Å²) in [7, 11) is 0. The molecule has 14 atom stereocenters. The number of ether oxygens (including phenoxy) is 4. The van der Waals surface area contributed by atoms with Crippen molar-refractivity contribution in [2.24, 2.45) is 0 Å². The second-order valence-electron chi connectivity index (χ2n) is 8.82. The number of amides is 1. The highest BCUT2D eigenvalue weighted by Gasteiger charge is 2.51. The van der Waals surface area contributed by atoms with E-state index in [1.165, 1.54) is 6.92 Å². The number of rotatable bonds is 11. The largest absolute Gasteiger partial charge is 0.394 e. The molecule has 0 aromatic rings. The van der Waals surface area contributed by atoms with Gasteiger partial charge in [-0.15, -0.1) is 0 Å². The van der Waals surface area contributed by atoms with Crippen LogP contribution in [0.25, 0.3) is 0 Å². The quantitative estimate of drug-likeness (QED) is 0.118. The molecule has 16 nitrogen and oxygen atoms in total. The van der Waals surface area contributed by atoms with Gasteiger partial charge in [-0.3, -0.25) is 4.79 Å². The lowest BCUT2D eigenvalue weighted by Crippen LogP contribution is -2.65. The molecule has 11 N–H and O–H groups in total. The van der Waals surface area contributed by atoms with Gasteiger partial charge in [-0.25, -0.2) is 0 Å². The molecule has 0 unspecified atom stereocenters. The summed E-state index contributed by atoms with van der Waals surface area (Å²) in [6.07, 6.45) is -21.8. The number of nitrogens with one attached hydrogen (secondary N) is 1. The molecule has 2 fully saturated rings. The Kier molecular flexibility index (Phi) is 11.8. The van der Waals surface area contributed by atoms with Crippen molar-refractivity contribution in [1.29, 1.82) is 0 Å². The van der Waals surface area contributed by atoms with E-state index in [4.69, 9.17) is 18.9 Å². The number of carbonyl (C=O) groups is 1. The number of hydrogen-bond donors (Lipinski definition) is 11. The molecule has 212 valence electrons. The highest BCUT2D eigenvalue weighted by molar-refractivity contribution is 5.73. The average Bonchev–Trinajstić information content (AvgIpc) is 2.85. The molecular weight excluding hydrogens is 494 g/mol. The Labute approximate surface area is 206 Å². The summed E-state index contributed by atoms with van der Waals surface area (Å²) in [5, 5.41) is 103. The lowest BCUT2D eigenvalue weighted by Gasteiger charge is -2.47. The van der Waals surface area contributed by atoms with Crippen LogP contribution in [0.15, 0.2) is 0 Å². The predicted octanol–water partition coefficient (Wildman–Crippen LogP) is -6.77. The molecule has 0 saturated carbocycles. The first-order valence-electron chi connectivity index (χ1n) is 11.4. The first kappa shape index (κ1) is 31.1. The van der Waals surface area contributed by atoms with Crippen LogP contribution < -0.4 is 5.32 Å². The summed E-state index contributed by atoms with van der Waals surface area (Å²) >= 11 is 0. The van der Waals surface area contributed by atoms with Crippen molar-refractivity contribution in [1.82, 2.24) is 5.32 Å². The third kappa shape index (κ3) is 7.06. The molecule has 2 saturated heterocycles. The van der Waals surface area contributed by atoms with E-state index >= 15 is 0 Å². The van der Waals surface area contributed by atoms with E-state index in [0.717, 1.165) is 6.92 Å². The highest BCUT2D eigenvalue weighted by atomic mass is 16.8. The van der Waals surface area contributed by atoms with Gasteiger partial charge in [-0.2, -0.15) is 0 Å². The fourth-order valence-corrected chi connectivity index (χ4v) is 3.98. The van der Waals surface area contributed by atoms with Crippen LogP contribution in [-0.4, -0.2) is 163 Å². The fraction of sp³-hybridized carbons (Fsp3) is 0.950. The maximum Gasteiger partial charge on any atom is 0.217 e. The smallest absolute Gasteiger partial charge is 0.217 e. The van der Waals surface area contributed by atoms with E-state index in [2.05, 4.69) is 5.32 Å². The molecule has 0 radical (unpaired) electrons. The van der Waals surface area contributed by atoms with E-state index in [-0.39, 0.29) is 0 Å². The Morgan fingerprint density at radius 2 is 1.53 bits per heavy atom. The molecule has 2 heterocycles. The molecule has 2 aliphatic rings. The van der Waals surface area contributed by atoms with Crippen molar-refractivity contribution < 1.29 is 74.8 Å². The molecule has 36 heavy (non-hydrogen) atoms. The first-order valence-corrected chi connectivity index (χ1v) is 11.4. The van der Waals surface area contributed by atoms with Gasteiger partial charge in [0, 0.05) is 6.92 Å². The van der Waals surface area contributed by atoms with Crippen LogP contribution in [0.4, 0.5) is 0 Å². The molecule has 0 aromatic heterocycles. The Bertz CT molecular complexity index is 687. The molecule has 0 aliphatic carbocycles. The summed E-state index contributed by atoms with van der Waals surface area (Å²) < 4.78 is 21.9. The second-order valence-corrected chi connectivity index (χ2v) is 8.82. The topological polar surface area (TPSA) is 268 Å². The molecule has 16 heteroatoms. The molecule has 1 amide bonds. The first-order chi connectivity index (χ1) is 16.9. The maximum absolute atomic E-state index is 11.4. The maximum atomic E-state index is 11.4. The Balaban J connectivity index is 2.34. The Morgan fingerprint density at radius 3 is 2.06 bits per heavy atom. The van der Waals surface area contributed by atoms with Crippen molar-refractivity contribution in [3.8, 4) is 0 Å². The van der Waals surface area contributed by atoms with Gasteiger partial charge in [-0.1, -0.05) is 0 Å². The van der Waals surface area contributed by atoms with Crippen LogP contribution in [0.5, 0.6) is 0 Å². The number of aliphatic hydroxyl groups is 10. The summed E-state index contributed by atoms with van der Waals surface area (Å²) in [6.45, 7) is -0.0943. The number of carbonyl (C=O) groups excluding carboxylic acids is 1. The molecule has 2 rings (SSSR count). The average molecular weight is 532 g/mol. The van der Waals surface area contributed by atoms with Gasteiger partial charge in [0.15, 0.2) is 12.6 Å². The van der Waals surface area contributed by atoms with Gasteiger partial charge in [0.25, 0.3) is 0 Å². The normalized spacial score (nSPS) is 40.8. The third-order valence-electron chi connectivity index (χ3n) is 6.12. The van der Waals surface area contributed by atoms with Gasteiger partial charge in [0.05, 0.1) is 32.0 Å². The summed E-state index contributed by atoms with van der Waals surface area (Å²) in [5.74, 6) is -0.641. The standard InChI is InChI=1S/C20H37NO15/c1-6-11(27)14(30)16(32)19(33-6)36-18-15(31)13(29)10(5-24)34-20(18)35-17(9(26)4-23)12(28)8(3-22)21-7(2)25/h6,8-20,22-24,26-32H,3-5H2,1-2H3,(H,21,25)/t6-,8-,9+,10+,11+,12+,13-,14+,15-,16-,17-,18+,19-,20-/m0/s1. The summed E-state index contributed by atoms with van der Waals surface area (Å²) in [4.78, 5) is 11.4. The molecule has 2 aliphatic heterocycles. The lowest BCUT2D eigenvalue weighted by atomic mass is 9.97. The van der Waals surface area contributed by atoms with Crippen LogP contribution in [0.2, 0.25) is 0 Å². The molecule has 0 spiro atoms. The number of hydrogen-bond acceptors (Lipinski definition) is 15. The van der Waals surface area contributed by atoms with E-state index < -0.39 is 111 Å². The van der Waals surface area contributed by atoms with Crippen molar-refractivity contribution in [3.05, 3.63) is 0 Å². The highest BCUT2D eigenvalue weighted by Crippen LogP contribution is 2.31. The van der Waals surface area contributed by atoms with Gasteiger partial charge in [0.2, 0.25) is 5.91 Å². The van der Waals surface area contributed by atoms with Crippen molar-refractivity contribution >= 4 is 5.91 Å². The lowest BCUT2D eigenvalue weighted by molar-refractivity contribution is -0.374. The van der Waals surface area contributed by atoms with Crippen LogP contribution >= 0.6 is 0 Å². The SMILES string of the molecule is CC(=O)N[C@@H](CO)[C@@H](O)[C@@H](O[C@@H]1O[C@H](CO)[C@H](O)[C@H](O)[C@H]1O[C@@H]1O[C@@H](C)[C@@H](O)[C@@H](O)[C@@H]1O)[C@H](O)CO. The van der Waals surface area contributed by atoms with Gasteiger partial charge in [0.1, 0.15) is 61.0 Å². The van der Waals surface area contributed by atoms with E-state index in [1.54, 1.807) is 0 Å². The van der Waals surface area contributed by atoms with Crippen LogP contribution in [0, 0.1) is 0 Å². The van der Waals surface area contributed by atoms with Crippen molar-refractivity contribution in [2.75, 3.05) is 19.8 Å². The van der Waals surface area contributed by atoms with Gasteiger partial charge in [-0.05, 0) is 6.92 Å². The minimum atomic E-state index is -1.87.